The Bertz CT molecular complexity index is 542. The summed E-state index contributed by atoms with van der Waals surface area (Å²) in [5, 5.41) is 3.30. The lowest BCUT2D eigenvalue weighted by Crippen LogP contribution is -2.44. The molecule has 0 atom stereocenters. The fourth-order valence-corrected chi connectivity index (χ4v) is 6.91. The number of rotatable bonds is 6. The molecule has 1 aliphatic rings. The first-order valence-electron chi connectivity index (χ1n) is 6.36. The molecule has 1 fully saturated rings. The molecule has 1 aromatic heterocycles. The van der Waals surface area contributed by atoms with E-state index in [1.54, 1.807) is 6.07 Å². The Labute approximate surface area is 140 Å². The second kappa shape index (κ2) is 7.66. The van der Waals surface area contributed by atoms with Crippen LogP contribution in [-0.4, -0.2) is 52.6 Å². The van der Waals surface area contributed by atoms with E-state index in [2.05, 4.69) is 46.8 Å². The Balaban J connectivity index is 1.79. The van der Waals surface area contributed by atoms with Crippen LogP contribution in [-0.2, 0) is 10.0 Å². The Morgan fingerprint density at radius 2 is 2.05 bits per heavy atom. The summed E-state index contributed by atoms with van der Waals surface area (Å²) in [5.74, 6) is 0. The number of halogens is 2. The van der Waals surface area contributed by atoms with Crippen LogP contribution in [0.2, 0.25) is 0 Å². The molecule has 2 heterocycles. The molecule has 0 bridgehead atoms. The fraction of sp³-hybridized carbons (Fsp3) is 0.636. The summed E-state index contributed by atoms with van der Waals surface area (Å²) in [6.07, 6.45) is 0.822. The molecule has 0 spiro atoms. The first-order chi connectivity index (χ1) is 9.49. The van der Waals surface area contributed by atoms with Crippen LogP contribution < -0.4 is 10.0 Å². The molecule has 114 valence electrons. The van der Waals surface area contributed by atoms with Gasteiger partial charge in [0, 0.05) is 32.7 Å². The topological polar surface area (TPSA) is 61.4 Å². The third kappa shape index (κ3) is 4.75. The van der Waals surface area contributed by atoms with E-state index >= 15 is 0 Å². The molecule has 0 saturated carbocycles. The number of hydrogen-bond acceptors (Lipinski definition) is 5. The minimum Gasteiger partial charge on any atom is -0.314 e. The quantitative estimate of drug-likeness (QED) is 0.654. The number of thiophene rings is 1. The maximum atomic E-state index is 12.1. The van der Waals surface area contributed by atoms with E-state index in [0.717, 1.165) is 42.9 Å². The van der Waals surface area contributed by atoms with E-state index in [-0.39, 0.29) is 0 Å². The highest BCUT2D eigenvalue weighted by atomic mass is 79.9. The smallest absolute Gasteiger partial charge is 0.242 e. The van der Waals surface area contributed by atoms with Crippen molar-refractivity contribution < 1.29 is 8.42 Å². The van der Waals surface area contributed by atoms with E-state index in [9.17, 15) is 8.42 Å². The molecule has 2 rings (SSSR count). The van der Waals surface area contributed by atoms with Crippen molar-refractivity contribution in [1.29, 1.82) is 0 Å². The second-order valence-electron chi connectivity index (χ2n) is 4.53. The van der Waals surface area contributed by atoms with E-state index in [0.29, 0.717) is 15.2 Å². The van der Waals surface area contributed by atoms with Gasteiger partial charge in [0.15, 0.2) is 0 Å². The van der Waals surface area contributed by atoms with Crippen LogP contribution in [0.5, 0.6) is 0 Å². The normalized spacial score (nSPS) is 17.5. The van der Waals surface area contributed by atoms with Crippen molar-refractivity contribution in [2.45, 2.75) is 11.3 Å². The highest BCUT2D eigenvalue weighted by molar-refractivity contribution is 9.12. The SMILES string of the molecule is O=S(=O)(NCCCN1CCNCC1)c1cc(Br)sc1Br. The van der Waals surface area contributed by atoms with Gasteiger partial charge in [0.2, 0.25) is 10.0 Å². The van der Waals surface area contributed by atoms with Gasteiger partial charge in [-0.15, -0.1) is 11.3 Å². The molecule has 0 aliphatic carbocycles. The number of nitrogens with one attached hydrogen (secondary N) is 2. The molecule has 20 heavy (non-hydrogen) atoms. The standard InChI is InChI=1S/C11H17Br2N3O2S2/c12-10-8-9(11(13)19-10)20(17,18)15-2-1-5-16-6-3-14-4-7-16/h8,14-15H,1-7H2. The van der Waals surface area contributed by atoms with Crippen molar-refractivity contribution in [3.63, 3.8) is 0 Å². The summed E-state index contributed by atoms with van der Waals surface area (Å²) in [6.45, 7) is 5.50. The molecule has 0 aromatic carbocycles. The van der Waals surface area contributed by atoms with Crippen molar-refractivity contribution in [3.05, 3.63) is 13.6 Å². The first-order valence-corrected chi connectivity index (χ1v) is 10.3. The average molecular weight is 447 g/mol. The van der Waals surface area contributed by atoms with E-state index in [1.807, 2.05) is 0 Å². The van der Waals surface area contributed by atoms with Gasteiger partial charge < -0.3 is 10.2 Å². The molecule has 1 aromatic rings. The van der Waals surface area contributed by atoms with Crippen LogP contribution in [0.4, 0.5) is 0 Å². The molecule has 5 nitrogen and oxygen atoms in total. The van der Waals surface area contributed by atoms with Crippen molar-refractivity contribution >= 4 is 53.2 Å². The van der Waals surface area contributed by atoms with Crippen molar-refractivity contribution in [2.24, 2.45) is 0 Å². The maximum absolute atomic E-state index is 12.1. The summed E-state index contributed by atoms with van der Waals surface area (Å²) < 4.78 is 28.4. The van der Waals surface area contributed by atoms with Gasteiger partial charge in [0.25, 0.3) is 0 Å². The van der Waals surface area contributed by atoms with Crippen LogP contribution in [0, 0.1) is 0 Å². The van der Waals surface area contributed by atoms with Crippen LogP contribution >= 0.6 is 43.2 Å². The van der Waals surface area contributed by atoms with Crippen LogP contribution in [0.25, 0.3) is 0 Å². The lowest BCUT2D eigenvalue weighted by atomic mass is 10.3. The molecule has 0 unspecified atom stereocenters. The first kappa shape index (κ1) is 16.9. The van der Waals surface area contributed by atoms with Gasteiger partial charge >= 0.3 is 0 Å². The van der Waals surface area contributed by atoms with Gasteiger partial charge in [-0.3, -0.25) is 0 Å². The molecule has 9 heteroatoms. The van der Waals surface area contributed by atoms with E-state index < -0.39 is 10.0 Å². The number of piperazine rings is 1. The number of hydrogen-bond donors (Lipinski definition) is 2. The van der Waals surface area contributed by atoms with Crippen LogP contribution in [0.1, 0.15) is 6.42 Å². The predicted octanol–water partition coefficient (Wildman–Crippen LogP) is 1.85. The van der Waals surface area contributed by atoms with Gasteiger partial charge in [-0.05, 0) is 50.9 Å². The largest absolute Gasteiger partial charge is 0.314 e. The third-order valence-corrected chi connectivity index (χ3v) is 7.28. The highest BCUT2D eigenvalue weighted by Gasteiger charge is 2.20. The maximum Gasteiger partial charge on any atom is 0.242 e. The summed E-state index contributed by atoms with van der Waals surface area (Å²) in [5.41, 5.74) is 0. The molecule has 0 amide bonds. The molecular weight excluding hydrogens is 430 g/mol. The minimum absolute atomic E-state index is 0.302. The predicted molar refractivity (Wildman–Crippen MR) is 88.8 cm³/mol. The van der Waals surface area contributed by atoms with E-state index in [1.165, 1.54) is 11.3 Å². The minimum atomic E-state index is -3.42. The molecular formula is C11H17Br2N3O2S2. The Hall–Kier alpha value is 0.490. The third-order valence-electron chi connectivity index (χ3n) is 3.07. The van der Waals surface area contributed by atoms with Crippen molar-refractivity contribution in [2.75, 3.05) is 39.3 Å². The molecule has 1 saturated heterocycles. The Morgan fingerprint density at radius 1 is 1.35 bits per heavy atom. The zero-order valence-corrected chi connectivity index (χ0v) is 15.7. The summed E-state index contributed by atoms with van der Waals surface area (Å²) >= 11 is 7.93. The molecule has 1 aliphatic heterocycles. The fourth-order valence-electron chi connectivity index (χ4n) is 2.03. The molecule has 0 radical (unpaired) electrons. The van der Waals surface area contributed by atoms with Gasteiger partial charge in [0.05, 0.1) is 7.57 Å². The lowest BCUT2D eigenvalue weighted by Gasteiger charge is -2.27. The van der Waals surface area contributed by atoms with Gasteiger partial charge in [0.1, 0.15) is 4.90 Å². The van der Waals surface area contributed by atoms with Gasteiger partial charge in [-0.1, -0.05) is 0 Å². The van der Waals surface area contributed by atoms with Crippen molar-refractivity contribution in [3.8, 4) is 0 Å². The van der Waals surface area contributed by atoms with E-state index in [4.69, 9.17) is 0 Å². The summed E-state index contributed by atoms with van der Waals surface area (Å²) in [4.78, 5) is 2.65. The van der Waals surface area contributed by atoms with Gasteiger partial charge in [-0.25, -0.2) is 13.1 Å². The summed E-state index contributed by atoms with van der Waals surface area (Å²) in [7, 11) is -3.42. The van der Waals surface area contributed by atoms with Crippen LogP contribution in [0.15, 0.2) is 18.5 Å². The number of nitrogens with zero attached hydrogens (tertiary/aromatic N) is 1. The Kier molecular flexibility index (Phi) is 6.46. The van der Waals surface area contributed by atoms with Crippen molar-refractivity contribution in [1.82, 2.24) is 14.9 Å². The summed E-state index contributed by atoms with van der Waals surface area (Å²) in [6, 6.07) is 1.62. The van der Waals surface area contributed by atoms with Gasteiger partial charge in [-0.2, -0.15) is 0 Å². The highest BCUT2D eigenvalue weighted by Crippen LogP contribution is 2.34. The van der Waals surface area contributed by atoms with Crippen LogP contribution in [0.3, 0.4) is 0 Å². The zero-order valence-electron chi connectivity index (χ0n) is 10.9. The monoisotopic (exact) mass is 445 g/mol. The Morgan fingerprint density at radius 3 is 2.65 bits per heavy atom. The zero-order chi connectivity index (χ0) is 14.6. The number of sulfonamides is 1. The molecule has 2 N–H and O–H groups in total. The lowest BCUT2D eigenvalue weighted by molar-refractivity contribution is 0.239. The average Bonchev–Trinajstić information content (AvgIpc) is 2.76. The second-order valence-corrected chi connectivity index (χ2v) is 10.0.